The summed E-state index contributed by atoms with van der Waals surface area (Å²) < 4.78 is 18.8. The molecule has 0 aromatic heterocycles. The Balaban J connectivity index is 1.94. The molecule has 1 amide bonds. The molecule has 33 heavy (non-hydrogen) atoms. The van der Waals surface area contributed by atoms with Gasteiger partial charge in [0.15, 0.2) is 0 Å². The molecular weight excluding hydrogens is 445 g/mol. The normalized spacial score (nSPS) is 17.5. The summed E-state index contributed by atoms with van der Waals surface area (Å²) in [6, 6.07) is 14.4. The van der Waals surface area contributed by atoms with Gasteiger partial charge in [0.2, 0.25) is 0 Å². The first-order valence-corrected chi connectivity index (χ1v) is 10.6. The maximum absolute atomic E-state index is 13.6. The molecular formula is C26H21ClFNO4. The molecule has 0 saturated carbocycles. The maximum Gasteiger partial charge on any atom is 0.300 e. The largest absolute Gasteiger partial charge is 0.507 e. The van der Waals surface area contributed by atoms with Crippen LogP contribution < -0.4 is 9.64 Å². The number of rotatable bonds is 4. The predicted octanol–water partition coefficient (Wildman–Crippen LogP) is 5.73. The van der Waals surface area contributed by atoms with E-state index in [1.165, 1.54) is 42.3 Å². The van der Waals surface area contributed by atoms with Gasteiger partial charge in [0.25, 0.3) is 11.7 Å². The number of aliphatic hydroxyl groups excluding tert-OH is 1. The first kappa shape index (κ1) is 22.6. The number of hydrogen-bond acceptors (Lipinski definition) is 4. The molecule has 4 rings (SSSR count). The molecule has 1 fully saturated rings. The number of carbonyl (C=O) groups is 2. The Morgan fingerprint density at radius 2 is 1.70 bits per heavy atom. The van der Waals surface area contributed by atoms with Crippen LogP contribution in [0.25, 0.3) is 5.76 Å². The van der Waals surface area contributed by atoms with Crippen LogP contribution in [0.5, 0.6) is 5.75 Å². The molecule has 0 spiro atoms. The van der Waals surface area contributed by atoms with E-state index >= 15 is 0 Å². The van der Waals surface area contributed by atoms with E-state index in [4.69, 9.17) is 16.3 Å². The summed E-state index contributed by atoms with van der Waals surface area (Å²) in [6.07, 6.45) is 0. The van der Waals surface area contributed by atoms with Crippen molar-refractivity contribution >= 4 is 34.7 Å². The van der Waals surface area contributed by atoms with E-state index in [0.717, 1.165) is 11.1 Å². The van der Waals surface area contributed by atoms with Crippen LogP contribution >= 0.6 is 11.6 Å². The zero-order chi connectivity index (χ0) is 23.9. The van der Waals surface area contributed by atoms with Crippen LogP contribution in [0.3, 0.4) is 0 Å². The van der Waals surface area contributed by atoms with Crippen molar-refractivity contribution in [2.75, 3.05) is 12.0 Å². The standard InChI is InChI=1S/C26H21ClFNO4/c1-14-4-5-17(12-15(14)2)24(30)22-23(16-6-8-18(28)9-7-16)29(26(32)25(22)31)19-10-11-21(33-3)20(27)13-19/h4-13,23,30H,1-3H3/b24-22+. The van der Waals surface area contributed by atoms with Crippen LogP contribution in [0.1, 0.15) is 28.3 Å². The third-order valence-corrected chi connectivity index (χ3v) is 6.12. The molecule has 1 aliphatic heterocycles. The number of methoxy groups -OCH3 is 1. The number of ether oxygens (including phenoxy) is 1. The van der Waals surface area contributed by atoms with Crippen LogP contribution in [0.4, 0.5) is 10.1 Å². The highest BCUT2D eigenvalue weighted by Crippen LogP contribution is 2.43. The van der Waals surface area contributed by atoms with Crippen LogP contribution in [-0.2, 0) is 9.59 Å². The van der Waals surface area contributed by atoms with Crippen LogP contribution in [-0.4, -0.2) is 23.9 Å². The number of Topliss-reactive ketones (excluding diaryl/α,β-unsaturated/α-hetero) is 1. The van der Waals surface area contributed by atoms with Gasteiger partial charge in [-0.1, -0.05) is 35.9 Å². The minimum absolute atomic E-state index is 0.0817. The lowest BCUT2D eigenvalue weighted by Crippen LogP contribution is -2.29. The number of aryl methyl sites for hydroxylation is 2. The van der Waals surface area contributed by atoms with Gasteiger partial charge in [0, 0.05) is 11.3 Å². The molecule has 0 aliphatic carbocycles. The molecule has 1 atom stereocenters. The molecule has 0 bridgehead atoms. The highest BCUT2D eigenvalue weighted by molar-refractivity contribution is 6.51. The molecule has 1 N–H and O–H groups in total. The first-order valence-electron chi connectivity index (χ1n) is 10.2. The van der Waals surface area contributed by atoms with Gasteiger partial charge in [-0.15, -0.1) is 0 Å². The minimum Gasteiger partial charge on any atom is -0.507 e. The number of nitrogens with zero attached hydrogens (tertiary/aromatic N) is 1. The molecule has 7 heteroatoms. The average Bonchev–Trinajstić information content (AvgIpc) is 3.06. The topological polar surface area (TPSA) is 66.8 Å². The van der Waals surface area contributed by atoms with Gasteiger partial charge in [-0.3, -0.25) is 14.5 Å². The number of benzene rings is 3. The SMILES string of the molecule is COc1ccc(N2C(=O)C(=O)/C(=C(/O)c3ccc(C)c(C)c3)C2c2ccc(F)cc2)cc1Cl. The maximum atomic E-state index is 13.6. The number of halogens is 2. The lowest BCUT2D eigenvalue weighted by Gasteiger charge is -2.26. The number of ketones is 1. The summed E-state index contributed by atoms with van der Waals surface area (Å²) >= 11 is 6.27. The summed E-state index contributed by atoms with van der Waals surface area (Å²) in [6.45, 7) is 3.82. The summed E-state index contributed by atoms with van der Waals surface area (Å²) in [4.78, 5) is 27.6. The first-order chi connectivity index (χ1) is 15.7. The van der Waals surface area contributed by atoms with Crippen molar-refractivity contribution in [2.45, 2.75) is 19.9 Å². The number of aliphatic hydroxyl groups is 1. The van der Waals surface area contributed by atoms with E-state index in [2.05, 4.69) is 0 Å². The summed E-state index contributed by atoms with van der Waals surface area (Å²) in [5, 5.41) is 11.4. The molecule has 1 aliphatic rings. The van der Waals surface area contributed by atoms with E-state index in [-0.39, 0.29) is 16.4 Å². The van der Waals surface area contributed by atoms with Crippen molar-refractivity contribution in [1.29, 1.82) is 0 Å². The molecule has 1 heterocycles. The van der Waals surface area contributed by atoms with Crippen LogP contribution in [0, 0.1) is 19.7 Å². The second kappa shape index (κ2) is 8.71. The summed E-state index contributed by atoms with van der Waals surface area (Å²) in [7, 11) is 1.47. The van der Waals surface area contributed by atoms with E-state index in [1.54, 1.807) is 24.3 Å². The van der Waals surface area contributed by atoms with E-state index in [0.29, 0.717) is 22.6 Å². The molecule has 1 saturated heterocycles. The second-order valence-electron chi connectivity index (χ2n) is 7.84. The Labute approximate surface area is 195 Å². The Bertz CT molecular complexity index is 1300. The quantitative estimate of drug-likeness (QED) is 0.303. The number of hydrogen-bond donors (Lipinski definition) is 1. The fourth-order valence-electron chi connectivity index (χ4n) is 3.91. The molecule has 3 aromatic carbocycles. The second-order valence-corrected chi connectivity index (χ2v) is 8.25. The van der Waals surface area contributed by atoms with Gasteiger partial charge in [-0.2, -0.15) is 0 Å². The Morgan fingerprint density at radius 3 is 2.30 bits per heavy atom. The fourth-order valence-corrected chi connectivity index (χ4v) is 4.16. The van der Waals surface area contributed by atoms with Crippen molar-refractivity contribution in [1.82, 2.24) is 0 Å². The average molecular weight is 466 g/mol. The van der Waals surface area contributed by atoms with E-state index < -0.39 is 23.5 Å². The number of anilines is 1. The third-order valence-electron chi connectivity index (χ3n) is 5.82. The minimum atomic E-state index is -0.975. The van der Waals surface area contributed by atoms with Crippen molar-refractivity contribution in [3.63, 3.8) is 0 Å². The zero-order valence-corrected chi connectivity index (χ0v) is 19.0. The van der Waals surface area contributed by atoms with Gasteiger partial charge in [-0.25, -0.2) is 4.39 Å². The lowest BCUT2D eigenvalue weighted by molar-refractivity contribution is -0.132. The predicted molar refractivity (Wildman–Crippen MR) is 125 cm³/mol. The Hall–Kier alpha value is -3.64. The fraction of sp³-hybridized carbons (Fsp3) is 0.154. The molecule has 1 unspecified atom stereocenters. The van der Waals surface area contributed by atoms with Gasteiger partial charge in [0.05, 0.1) is 23.7 Å². The molecule has 0 radical (unpaired) electrons. The molecule has 168 valence electrons. The lowest BCUT2D eigenvalue weighted by atomic mass is 9.94. The van der Waals surface area contributed by atoms with Crippen LogP contribution in [0.15, 0.2) is 66.2 Å². The highest BCUT2D eigenvalue weighted by atomic mass is 35.5. The molecule has 5 nitrogen and oxygen atoms in total. The monoisotopic (exact) mass is 465 g/mol. The summed E-state index contributed by atoms with van der Waals surface area (Å²) in [5.74, 6) is -2.02. The number of carbonyl (C=O) groups excluding carboxylic acids is 2. The number of amides is 1. The van der Waals surface area contributed by atoms with Gasteiger partial charge >= 0.3 is 0 Å². The zero-order valence-electron chi connectivity index (χ0n) is 18.2. The highest BCUT2D eigenvalue weighted by Gasteiger charge is 2.47. The van der Waals surface area contributed by atoms with Crippen LogP contribution in [0.2, 0.25) is 5.02 Å². The van der Waals surface area contributed by atoms with E-state index in [1.807, 2.05) is 19.9 Å². The summed E-state index contributed by atoms with van der Waals surface area (Å²) in [5.41, 5.74) is 3.09. The van der Waals surface area contributed by atoms with E-state index in [9.17, 15) is 19.1 Å². The van der Waals surface area contributed by atoms with Crippen molar-refractivity contribution in [2.24, 2.45) is 0 Å². The van der Waals surface area contributed by atoms with Gasteiger partial charge in [0.1, 0.15) is 17.3 Å². The smallest absolute Gasteiger partial charge is 0.300 e. The van der Waals surface area contributed by atoms with Gasteiger partial charge in [-0.05, 0) is 66.9 Å². The van der Waals surface area contributed by atoms with Crippen molar-refractivity contribution in [3.05, 3.63) is 99.3 Å². The Morgan fingerprint density at radius 1 is 1.00 bits per heavy atom. The van der Waals surface area contributed by atoms with Crippen molar-refractivity contribution < 1.29 is 23.8 Å². The third kappa shape index (κ3) is 3.98. The van der Waals surface area contributed by atoms with Gasteiger partial charge < -0.3 is 9.84 Å². The molecule has 3 aromatic rings. The Kier molecular flexibility index (Phi) is 5.95. The van der Waals surface area contributed by atoms with Crippen molar-refractivity contribution in [3.8, 4) is 5.75 Å².